The van der Waals surface area contributed by atoms with Gasteiger partial charge in [-0.3, -0.25) is 14.7 Å². The van der Waals surface area contributed by atoms with Gasteiger partial charge in [-0.2, -0.15) is 0 Å². The average molecular weight is 367 g/mol. The molecule has 0 fully saturated rings. The molecule has 26 heavy (non-hydrogen) atoms. The van der Waals surface area contributed by atoms with Gasteiger partial charge in [0.15, 0.2) is 5.13 Å². The van der Waals surface area contributed by atoms with Gasteiger partial charge in [0.1, 0.15) is 5.82 Å². The van der Waals surface area contributed by atoms with E-state index >= 15 is 0 Å². The van der Waals surface area contributed by atoms with Crippen molar-refractivity contribution < 1.29 is 9.18 Å². The topological polar surface area (TPSA) is 46.1 Å². The van der Waals surface area contributed by atoms with Crippen molar-refractivity contribution in [3.63, 3.8) is 0 Å². The Morgan fingerprint density at radius 2 is 2.12 bits per heavy atom. The van der Waals surface area contributed by atoms with Crippen molar-refractivity contribution in [2.75, 3.05) is 11.4 Å². The van der Waals surface area contributed by atoms with Gasteiger partial charge >= 0.3 is 0 Å². The van der Waals surface area contributed by atoms with Crippen LogP contribution in [0.2, 0.25) is 0 Å². The van der Waals surface area contributed by atoms with Crippen molar-refractivity contribution >= 4 is 33.1 Å². The first-order chi connectivity index (χ1) is 12.7. The number of rotatable bonds is 4. The number of hydrogen-bond donors (Lipinski definition) is 0. The standard InChI is InChI=1S/C20H18FN3OS/c1-2-11-24(20-23-17-5-3-4-6-18(17)26-20)19(25)14-7-8-16(21)13-9-10-22-12-15(13)14/h2,7-10,12H,1,3-6,11H2. The minimum atomic E-state index is -0.362. The van der Waals surface area contributed by atoms with Gasteiger partial charge in [-0.1, -0.05) is 6.08 Å². The van der Waals surface area contributed by atoms with Crippen molar-refractivity contribution in [3.8, 4) is 0 Å². The summed E-state index contributed by atoms with van der Waals surface area (Å²) < 4.78 is 14.1. The Morgan fingerprint density at radius 1 is 1.27 bits per heavy atom. The van der Waals surface area contributed by atoms with E-state index in [9.17, 15) is 9.18 Å². The number of halogens is 1. The van der Waals surface area contributed by atoms with Crippen LogP contribution in [0.3, 0.4) is 0 Å². The van der Waals surface area contributed by atoms with Crippen LogP contribution in [0.5, 0.6) is 0 Å². The van der Waals surface area contributed by atoms with Crippen LogP contribution in [0.25, 0.3) is 10.8 Å². The first-order valence-electron chi connectivity index (χ1n) is 8.62. The lowest BCUT2D eigenvalue weighted by Crippen LogP contribution is -2.31. The highest BCUT2D eigenvalue weighted by Gasteiger charge is 2.25. The molecule has 0 aliphatic heterocycles. The fourth-order valence-electron chi connectivity index (χ4n) is 3.32. The maximum absolute atomic E-state index is 14.1. The van der Waals surface area contributed by atoms with Crippen molar-refractivity contribution in [1.29, 1.82) is 0 Å². The second kappa shape index (κ2) is 6.96. The van der Waals surface area contributed by atoms with Gasteiger partial charge in [-0.05, 0) is 43.9 Å². The highest BCUT2D eigenvalue weighted by Crippen LogP contribution is 2.33. The third-order valence-corrected chi connectivity index (χ3v) is 5.80. The molecule has 0 saturated heterocycles. The van der Waals surface area contributed by atoms with E-state index in [1.54, 1.807) is 28.4 Å². The smallest absolute Gasteiger partial charge is 0.261 e. The van der Waals surface area contributed by atoms with Crippen LogP contribution < -0.4 is 4.90 Å². The maximum Gasteiger partial charge on any atom is 0.261 e. The lowest BCUT2D eigenvalue weighted by atomic mass is 10.0. The van der Waals surface area contributed by atoms with Gasteiger partial charge in [0, 0.05) is 40.2 Å². The second-order valence-electron chi connectivity index (χ2n) is 6.29. The Kier molecular flexibility index (Phi) is 4.51. The van der Waals surface area contributed by atoms with Crippen LogP contribution in [0.4, 0.5) is 9.52 Å². The number of aryl methyl sites for hydroxylation is 2. The fourth-order valence-corrected chi connectivity index (χ4v) is 4.47. The van der Waals surface area contributed by atoms with E-state index in [1.165, 1.54) is 29.4 Å². The quantitative estimate of drug-likeness (QED) is 0.636. The number of benzene rings is 1. The zero-order valence-corrected chi connectivity index (χ0v) is 15.1. The highest BCUT2D eigenvalue weighted by atomic mass is 32.1. The molecule has 1 aromatic carbocycles. The largest absolute Gasteiger partial charge is 0.280 e. The monoisotopic (exact) mass is 367 g/mol. The van der Waals surface area contributed by atoms with E-state index in [-0.39, 0.29) is 11.7 Å². The van der Waals surface area contributed by atoms with Gasteiger partial charge in [0.05, 0.1) is 5.69 Å². The molecule has 0 bridgehead atoms. The predicted octanol–water partition coefficient (Wildman–Crippen LogP) is 4.54. The second-order valence-corrected chi connectivity index (χ2v) is 7.36. The van der Waals surface area contributed by atoms with Gasteiger partial charge in [0.2, 0.25) is 0 Å². The number of fused-ring (bicyclic) bond motifs is 2. The van der Waals surface area contributed by atoms with Gasteiger partial charge in [0.25, 0.3) is 5.91 Å². The van der Waals surface area contributed by atoms with Gasteiger partial charge in [-0.25, -0.2) is 9.37 Å². The SMILES string of the molecule is C=CCN(C(=O)c1ccc(F)c2ccncc12)c1nc2c(s1)CCCC2. The summed E-state index contributed by atoms with van der Waals surface area (Å²) in [6, 6.07) is 4.43. The molecule has 0 saturated carbocycles. The van der Waals surface area contributed by atoms with Crippen LogP contribution >= 0.6 is 11.3 Å². The molecule has 1 aliphatic carbocycles. The minimum Gasteiger partial charge on any atom is -0.280 e. The van der Waals surface area contributed by atoms with Crippen molar-refractivity contribution in [2.45, 2.75) is 25.7 Å². The number of amides is 1. The first kappa shape index (κ1) is 16.8. The molecule has 6 heteroatoms. The Morgan fingerprint density at radius 3 is 2.92 bits per heavy atom. The molecule has 3 aromatic rings. The molecule has 132 valence electrons. The molecule has 0 N–H and O–H groups in total. The fraction of sp³-hybridized carbons (Fsp3) is 0.250. The van der Waals surface area contributed by atoms with E-state index in [1.807, 2.05) is 0 Å². The van der Waals surface area contributed by atoms with E-state index in [2.05, 4.69) is 11.6 Å². The highest BCUT2D eigenvalue weighted by molar-refractivity contribution is 7.16. The number of carbonyl (C=O) groups excluding carboxylic acids is 1. The Hall–Kier alpha value is -2.60. The number of thiazole rings is 1. The number of hydrogen-bond acceptors (Lipinski definition) is 4. The van der Waals surface area contributed by atoms with Gasteiger partial charge in [-0.15, -0.1) is 17.9 Å². The van der Waals surface area contributed by atoms with Crippen molar-refractivity contribution in [2.24, 2.45) is 0 Å². The van der Waals surface area contributed by atoms with Crippen molar-refractivity contribution in [1.82, 2.24) is 9.97 Å². The molecule has 1 aliphatic rings. The summed E-state index contributed by atoms with van der Waals surface area (Å²) in [6.07, 6.45) is 9.03. The van der Waals surface area contributed by atoms with Crippen LogP contribution in [-0.4, -0.2) is 22.4 Å². The lowest BCUT2D eigenvalue weighted by Gasteiger charge is -2.19. The van der Waals surface area contributed by atoms with E-state index < -0.39 is 0 Å². The number of carbonyl (C=O) groups is 1. The average Bonchev–Trinajstić information content (AvgIpc) is 3.10. The van der Waals surface area contributed by atoms with Crippen LogP contribution in [-0.2, 0) is 12.8 Å². The molecule has 2 aromatic heterocycles. The summed E-state index contributed by atoms with van der Waals surface area (Å²) in [5.41, 5.74) is 1.52. The molecule has 0 radical (unpaired) electrons. The third kappa shape index (κ3) is 2.90. The molecule has 0 atom stereocenters. The molecule has 0 spiro atoms. The van der Waals surface area contributed by atoms with E-state index in [0.29, 0.717) is 28.0 Å². The molecule has 4 rings (SSSR count). The minimum absolute atomic E-state index is 0.214. The first-order valence-corrected chi connectivity index (χ1v) is 9.44. The number of anilines is 1. The summed E-state index contributed by atoms with van der Waals surface area (Å²) in [4.78, 5) is 24.9. The summed E-state index contributed by atoms with van der Waals surface area (Å²) >= 11 is 1.57. The summed E-state index contributed by atoms with van der Waals surface area (Å²) in [5.74, 6) is -0.576. The molecule has 1 amide bonds. The van der Waals surface area contributed by atoms with E-state index in [4.69, 9.17) is 4.98 Å². The number of aromatic nitrogens is 2. The predicted molar refractivity (Wildman–Crippen MR) is 102 cm³/mol. The third-order valence-electron chi connectivity index (χ3n) is 4.62. The maximum atomic E-state index is 14.1. The van der Waals surface area contributed by atoms with Gasteiger partial charge < -0.3 is 0 Å². The molecule has 4 nitrogen and oxygen atoms in total. The zero-order valence-electron chi connectivity index (χ0n) is 14.2. The Balaban J connectivity index is 1.78. The number of pyridine rings is 1. The van der Waals surface area contributed by atoms with E-state index in [0.717, 1.165) is 31.4 Å². The van der Waals surface area contributed by atoms with Crippen LogP contribution in [0.1, 0.15) is 33.8 Å². The molecule has 2 heterocycles. The molecule has 0 unspecified atom stereocenters. The molecular weight excluding hydrogens is 349 g/mol. The lowest BCUT2D eigenvalue weighted by molar-refractivity contribution is 0.0991. The normalized spacial score (nSPS) is 13.4. The summed E-state index contributed by atoms with van der Waals surface area (Å²) in [5, 5.41) is 1.58. The summed E-state index contributed by atoms with van der Waals surface area (Å²) in [6.45, 7) is 4.12. The summed E-state index contributed by atoms with van der Waals surface area (Å²) in [7, 11) is 0. The Bertz CT molecular complexity index is 974. The van der Waals surface area contributed by atoms with Crippen molar-refractivity contribution in [3.05, 3.63) is 65.2 Å². The van der Waals surface area contributed by atoms with Crippen LogP contribution in [0, 0.1) is 5.82 Å². The zero-order chi connectivity index (χ0) is 18.1. The molecular formula is C20H18FN3OS. The van der Waals surface area contributed by atoms with Crippen LogP contribution in [0.15, 0.2) is 43.2 Å². The Labute approximate surface area is 155 Å². The number of nitrogens with zero attached hydrogens (tertiary/aromatic N) is 3.